The van der Waals surface area contributed by atoms with Crippen molar-refractivity contribution in [2.24, 2.45) is 0 Å². The van der Waals surface area contributed by atoms with Crippen molar-refractivity contribution >= 4 is 0 Å². The fourth-order valence-electron chi connectivity index (χ4n) is 2.49. The fourth-order valence-corrected chi connectivity index (χ4v) is 2.49. The predicted molar refractivity (Wildman–Crippen MR) is 90.9 cm³/mol. The van der Waals surface area contributed by atoms with Gasteiger partial charge in [0.1, 0.15) is 5.82 Å². The lowest BCUT2D eigenvalue weighted by Gasteiger charge is -2.24. The van der Waals surface area contributed by atoms with Crippen LogP contribution in [0.5, 0.6) is 0 Å². The normalized spacial score (nSPS) is 12.5. The van der Waals surface area contributed by atoms with E-state index in [-0.39, 0.29) is 25.6 Å². The van der Waals surface area contributed by atoms with E-state index in [0.29, 0.717) is 25.2 Å². The van der Waals surface area contributed by atoms with E-state index in [1.54, 1.807) is 18.2 Å². The van der Waals surface area contributed by atoms with Gasteiger partial charge in [-0.25, -0.2) is 4.39 Å². The van der Waals surface area contributed by atoms with Gasteiger partial charge in [0.25, 0.3) is 0 Å². The maximum Gasteiger partial charge on any atom is 0.128 e. The standard InChI is InChI=1S/C19H24FNO3/c20-19-9-5-4-8-17(19)14-24-15-18(23)13-21(10-11-22)12-16-6-2-1-3-7-16/h1-9,18,22-23H,10-15H2/t18-/m0/s1. The zero-order chi connectivity index (χ0) is 17.2. The second-order valence-corrected chi connectivity index (χ2v) is 5.70. The molecule has 1 atom stereocenters. The van der Waals surface area contributed by atoms with Gasteiger partial charge in [-0.1, -0.05) is 48.5 Å². The third kappa shape index (κ3) is 6.37. The summed E-state index contributed by atoms with van der Waals surface area (Å²) in [5.74, 6) is -0.307. The van der Waals surface area contributed by atoms with Crippen molar-refractivity contribution in [1.82, 2.24) is 4.90 Å². The number of aliphatic hydroxyl groups is 2. The van der Waals surface area contributed by atoms with E-state index >= 15 is 0 Å². The molecular formula is C19H24FNO3. The Hall–Kier alpha value is -1.79. The smallest absolute Gasteiger partial charge is 0.128 e. The van der Waals surface area contributed by atoms with Crippen molar-refractivity contribution in [2.75, 3.05) is 26.3 Å². The number of nitrogens with zero attached hydrogens (tertiary/aromatic N) is 1. The molecule has 0 spiro atoms. The average Bonchev–Trinajstić information content (AvgIpc) is 2.58. The van der Waals surface area contributed by atoms with Crippen LogP contribution >= 0.6 is 0 Å². The predicted octanol–water partition coefficient (Wildman–Crippen LogP) is 2.20. The molecule has 2 rings (SSSR count). The summed E-state index contributed by atoms with van der Waals surface area (Å²) in [6.45, 7) is 1.76. The first kappa shape index (κ1) is 18.5. The maximum absolute atomic E-state index is 13.5. The van der Waals surface area contributed by atoms with E-state index in [1.165, 1.54) is 6.07 Å². The Morgan fingerprint density at radius 1 is 1.04 bits per heavy atom. The summed E-state index contributed by atoms with van der Waals surface area (Å²) in [5.41, 5.74) is 1.59. The van der Waals surface area contributed by atoms with Crippen LogP contribution in [0.1, 0.15) is 11.1 Å². The molecule has 0 fully saturated rings. The molecule has 0 saturated heterocycles. The number of ether oxygens (including phenoxy) is 1. The maximum atomic E-state index is 13.5. The van der Waals surface area contributed by atoms with Crippen LogP contribution in [-0.2, 0) is 17.9 Å². The Balaban J connectivity index is 1.78. The van der Waals surface area contributed by atoms with Crippen LogP contribution in [0.3, 0.4) is 0 Å². The lowest BCUT2D eigenvalue weighted by molar-refractivity contribution is 0.00547. The Morgan fingerprint density at radius 3 is 2.46 bits per heavy atom. The van der Waals surface area contributed by atoms with Gasteiger partial charge in [0, 0.05) is 25.2 Å². The van der Waals surface area contributed by atoms with Gasteiger partial charge in [0.15, 0.2) is 0 Å². The molecule has 0 unspecified atom stereocenters. The van der Waals surface area contributed by atoms with Crippen molar-refractivity contribution in [3.05, 3.63) is 71.5 Å². The first-order valence-electron chi connectivity index (χ1n) is 8.05. The number of halogens is 1. The number of benzene rings is 2. The molecule has 0 amide bonds. The molecule has 2 aromatic rings. The van der Waals surface area contributed by atoms with E-state index in [2.05, 4.69) is 0 Å². The summed E-state index contributed by atoms with van der Waals surface area (Å²) < 4.78 is 18.9. The second-order valence-electron chi connectivity index (χ2n) is 5.70. The minimum Gasteiger partial charge on any atom is -0.395 e. The van der Waals surface area contributed by atoms with Gasteiger partial charge in [-0.2, -0.15) is 0 Å². The second kappa shape index (κ2) is 10.2. The van der Waals surface area contributed by atoms with Gasteiger partial charge in [0.05, 0.1) is 25.9 Å². The van der Waals surface area contributed by atoms with Gasteiger partial charge < -0.3 is 14.9 Å². The summed E-state index contributed by atoms with van der Waals surface area (Å²) in [6, 6.07) is 16.3. The molecule has 0 aromatic heterocycles. The lowest BCUT2D eigenvalue weighted by Crippen LogP contribution is -2.36. The van der Waals surface area contributed by atoms with Crippen molar-refractivity contribution < 1.29 is 19.3 Å². The highest BCUT2D eigenvalue weighted by Gasteiger charge is 2.13. The zero-order valence-corrected chi connectivity index (χ0v) is 13.6. The van der Waals surface area contributed by atoms with Gasteiger partial charge in [-0.15, -0.1) is 0 Å². The molecule has 0 heterocycles. The summed E-state index contributed by atoms with van der Waals surface area (Å²) in [4.78, 5) is 1.96. The molecule has 130 valence electrons. The fraction of sp³-hybridized carbons (Fsp3) is 0.368. The van der Waals surface area contributed by atoms with Crippen molar-refractivity contribution in [2.45, 2.75) is 19.3 Å². The van der Waals surface area contributed by atoms with Crippen LogP contribution in [-0.4, -0.2) is 47.5 Å². The van der Waals surface area contributed by atoms with Crippen LogP contribution in [0, 0.1) is 5.82 Å². The molecule has 0 aliphatic rings. The summed E-state index contributed by atoms with van der Waals surface area (Å²) >= 11 is 0. The van der Waals surface area contributed by atoms with Gasteiger partial charge >= 0.3 is 0 Å². The first-order chi connectivity index (χ1) is 11.7. The number of rotatable bonds is 10. The third-order valence-electron chi connectivity index (χ3n) is 3.66. The Labute approximate surface area is 142 Å². The monoisotopic (exact) mass is 333 g/mol. The lowest BCUT2D eigenvalue weighted by atomic mass is 10.2. The highest BCUT2D eigenvalue weighted by atomic mass is 19.1. The minimum atomic E-state index is -0.702. The Kier molecular flexibility index (Phi) is 7.85. The summed E-state index contributed by atoms with van der Waals surface area (Å²) in [7, 11) is 0. The molecule has 0 aliphatic heterocycles. The SMILES string of the molecule is OCCN(Cc1ccccc1)C[C@H](O)COCc1ccccc1F. The van der Waals surface area contributed by atoms with Crippen LogP contribution in [0.25, 0.3) is 0 Å². The highest BCUT2D eigenvalue weighted by Crippen LogP contribution is 2.09. The van der Waals surface area contributed by atoms with Gasteiger partial charge in [-0.05, 0) is 11.6 Å². The van der Waals surface area contributed by atoms with Crippen LogP contribution in [0.4, 0.5) is 4.39 Å². The van der Waals surface area contributed by atoms with E-state index in [9.17, 15) is 14.6 Å². The highest BCUT2D eigenvalue weighted by molar-refractivity contribution is 5.16. The van der Waals surface area contributed by atoms with Crippen molar-refractivity contribution in [3.8, 4) is 0 Å². The third-order valence-corrected chi connectivity index (χ3v) is 3.66. The minimum absolute atomic E-state index is 0.0234. The topological polar surface area (TPSA) is 52.9 Å². The average molecular weight is 333 g/mol. The summed E-state index contributed by atoms with van der Waals surface area (Å²) in [6.07, 6.45) is -0.702. The number of hydrogen-bond acceptors (Lipinski definition) is 4. The van der Waals surface area contributed by atoms with E-state index < -0.39 is 6.10 Å². The van der Waals surface area contributed by atoms with Crippen molar-refractivity contribution in [3.63, 3.8) is 0 Å². The quantitative estimate of drug-likeness (QED) is 0.700. The first-order valence-corrected chi connectivity index (χ1v) is 8.05. The zero-order valence-electron chi connectivity index (χ0n) is 13.6. The largest absolute Gasteiger partial charge is 0.395 e. The molecular weight excluding hydrogens is 309 g/mol. The van der Waals surface area contributed by atoms with Gasteiger partial charge in [-0.3, -0.25) is 4.90 Å². The number of hydrogen-bond donors (Lipinski definition) is 2. The van der Waals surface area contributed by atoms with E-state index in [4.69, 9.17) is 4.74 Å². The molecule has 0 radical (unpaired) electrons. The Bertz CT molecular complexity index is 594. The van der Waals surface area contributed by atoms with E-state index in [0.717, 1.165) is 5.56 Å². The molecule has 2 N–H and O–H groups in total. The van der Waals surface area contributed by atoms with Crippen LogP contribution < -0.4 is 0 Å². The van der Waals surface area contributed by atoms with E-state index in [1.807, 2.05) is 35.2 Å². The van der Waals surface area contributed by atoms with Crippen molar-refractivity contribution in [1.29, 1.82) is 0 Å². The molecule has 0 aliphatic carbocycles. The van der Waals surface area contributed by atoms with Gasteiger partial charge in [0.2, 0.25) is 0 Å². The molecule has 24 heavy (non-hydrogen) atoms. The summed E-state index contributed by atoms with van der Waals surface area (Å²) in [5, 5.41) is 19.3. The molecule has 0 bridgehead atoms. The Morgan fingerprint density at radius 2 is 1.75 bits per heavy atom. The molecule has 2 aromatic carbocycles. The molecule has 4 nitrogen and oxygen atoms in total. The molecule has 0 saturated carbocycles. The molecule has 5 heteroatoms. The number of aliphatic hydroxyl groups excluding tert-OH is 2. The van der Waals surface area contributed by atoms with Crippen LogP contribution in [0.2, 0.25) is 0 Å². The van der Waals surface area contributed by atoms with Crippen LogP contribution in [0.15, 0.2) is 54.6 Å².